The maximum Gasteiger partial charge on any atom is 0.324 e. The molecular formula is C17H15N3O3S. The minimum Gasteiger partial charge on any atom is -0.493 e. The number of carbonyl (C=O) groups is 1. The molecule has 0 aliphatic carbocycles. The van der Waals surface area contributed by atoms with Crippen LogP contribution in [0.3, 0.4) is 0 Å². The zero-order valence-corrected chi connectivity index (χ0v) is 13.6. The molecule has 3 aliphatic rings. The number of benzene rings is 1. The van der Waals surface area contributed by atoms with Crippen molar-refractivity contribution >= 4 is 32.7 Å². The Morgan fingerprint density at radius 2 is 2.38 bits per heavy atom. The molecule has 3 aliphatic heterocycles. The van der Waals surface area contributed by atoms with Crippen molar-refractivity contribution in [3.8, 4) is 18.1 Å². The zero-order chi connectivity index (χ0) is 16.3. The average Bonchev–Trinajstić information content (AvgIpc) is 3.28. The summed E-state index contributed by atoms with van der Waals surface area (Å²) >= 11 is 1.53. The predicted octanol–water partition coefficient (Wildman–Crippen LogP) is 1.92. The molecular weight excluding hydrogens is 326 g/mol. The molecule has 2 fully saturated rings. The number of anilines is 1. The van der Waals surface area contributed by atoms with Crippen LogP contribution in [-0.2, 0) is 11.2 Å². The van der Waals surface area contributed by atoms with E-state index in [1.54, 1.807) is 4.90 Å². The number of hydrogen-bond donors (Lipinski definition) is 1. The van der Waals surface area contributed by atoms with Crippen molar-refractivity contribution in [3.05, 3.63) is 17.7 Å². The smallest absolute Gasteiger partial charge is 0.324 e. The number of rotatable bonds is 1. The molecule has 0 spiro atoms. The molecule has 1 aromatic carbocycles. The van der Waals surface area contributed by atoms with Gasteiger partial charge in [-0.1, -0.05) is 17.3 Å². The lowest BCUT2D eigenvalue weighted by atomic mass is 10.00. The average molecular weight is 341 g/mol. The Balaban J connectivity index is 1.56. The van der Waals surface area contributed by atoms with Crippen molar-refractivity contribution in [2.45, 2.75) is 31.0 Å². The van der Waals surface area contributed by atoms with Crippen LogP contribution in [0.5, 0.6) is 5.75 Å². The standard InChI is InChI=1S/C17H15N3O3S/c1-2-9-7-12-11(8-23-9)18-16(21)20(12)17-19-15-10-5-6-22-13(10)3-4-14(15)24-17/h1,3-4,9,11-12H,5-8H2,(H,18,21)/t9-,11-,12+/m0/s1. The van der Waals surface area contributed by atoms with Crippen LogP contribution in [0.4, 0.5) is 9.93 Å². The van der Waals surface area contributed by atoms with Gasteiger partial charge in [0.1, 0.15) is 11.9 Å². The maximum absolute atomic E-state index is 12.5. The molecule has 7 heteroatoms. The van der Waals surface area contributed by atoms with E-state index in [-0.39, 0.29) is 24.2 Å². The molecule has 5 rings (SSSR count). The number of amides is 2. The SMILES string of the molecule is C#C[C@H]1C[C@@H]2[C@H](CO1)NC(=O)N2c1nc2c3c(ccc2s1)OCC3. The topological polar surface area (TPSA) is 63.7 Å². The minimum absolute atomic E-state index is 0.0165. The fourth-order valence-electron chi connectivity index (χ4n) is 3.69. The Hall–Kier alpha value is -2.30. The number of urea groups is 1. The van der Waals surface area contributed by atoms with E-state index in [2.05, 4.69) is 11.2 Å². The van der Waals surface area contributed by atoms with E-state index in [0.717, 1.165) is 28.0 Å². The number of hydrogen-bond acceptors (Lipinski definition) is 5. The van der Waals surface area contributed by atoms with Gasteiger partial charge >= 0.3 is 6.03 Å². The van der Waals surface area contributed by atoms with E-state index in [1.165, 1.54) is 11.3 Å². The minimum atomic E-state index is -0.256. The Morgan fingerprint density at radius 3 is 3.25 bits per heavy atom. The molecule has 0 bridgehead atoms. The monoisotopic (exact) mass is 341 g/mol. The van der Waals surface area contributed by atoms with E-state index < -0.39 is 0 Å². The molecule has 0 unspecified atom stereocenters. The third kappa shape index (κ3) is 1.93. The fourth-order valence-corrected chi connectivity index (χ4v) is 4.74. The Kier molecular flexibility index (Phi) is 2.99. The lowest BCUT2D eigenvalue weighted by Crippen LogP contribution is -2.47. The van der Waals surface area contributed by atoms with Gasteiger partial charge < -0.3 is 14.8 Å². The van der Waals surface area contributed by atoms with Gasteiger partial charge in [-0.3, -0.25) is 4.90 Å². The van der Waals surface area contributed by atoms with Crippen LogP contribution >= 0.6 is 11.3 Å². The normalized spacial score (nSPS) is 28.2. The van der Waals surface area contributed by atoms with Crippen molar-refractivity contribution in [2.24, 2.45) is 0 Å². The van der Waals surface area contributed by atoms with Crippen LogP contribution in [0.1, 0.15) is 12.0 Å². The molecule has 3 atom stereocenters. The molecule has 0 radical (unpaired) electrons. The highest BCUT2D eigenvalue weighted by atomic mass is 32.1. The summed E-state index contributed by atoms with van der Waals surface area (Å²) in [6.07, 6.45) is 6.73. The summed E-state index contributed by atoms with van der Waals surface area (Å²) in [5.41, 5.74) is 2.08. The fraction of sp³-hybridized carbons (Fsp3) is 0.412. The molecule has 2 amide bonds. The summed E-state index contributed by atoms with van der Waals surface area (Å²) in [6, 6.07) is 3.82. The molecule has 24 heavy (non-hydrogen) atoms. The van der Waals surface area contributed by atoms with Gasteiger partial charge in [-0.15, -0.1) is 6.42 Å². The van der Waals surface area contributed by atoms with Gasteiger partial charge in [0, 0.05) is 18.4 Å². The summed E-state index contributed by atoms with van der Waals surface area (Å²) in [5, 5.41) is 3.70. The van der Waals surface area contributed by atoms with Crippen molar-refractivity contribution in [1.29, 1.82) is 0 Å². The number of aromatic nitrogens is 1. The Bertz CT molecular complexity index is 887. The van der Waals surface area contributed by atoms with Gasteiger partial charge in [0.15, 0.2) is 5.13 Å². The highest BCUT2D eigenvalue weighted by Crippen LogP contribution is 2.39. The predicted molar refractivity (Wildman–Crippen MR) is 90.6 cm³/mol. The first-order valence-corrected chi connectivity index (χ1v) is 8.79. The molecule has 0 saturated carbocycles. The Labute approximate surface area is 142 Å². The second-order valence-corrected chi connectivity index (χ2v) is 7.21. The molecule has 122 valence electrons. The largest absolute Gasteiger partial charge is 0.493 e. The molecule has 1 N–H and O–H groups in total. The van der Waals surface area contributed by atoms with E-state index in [9.17, 15) is 4.79 Å². The summed E-state index contributed by atoms with van der Waals surface area (Å²) in [6.45, 7) is 1.13. The highest BCUT2D eigenvalue weighted by Gasteiger charge is 2.45. The van der Waals surface area contributed by atoms with Crippen LogP contribution < -0.4 is 15.0 Å². The van der Waals surface area contributed by atoms with Gasteiger partial charge in [-0.2, -0.15) is 0 Å². The quantitative estimate of drug-likeness (QED) is 0.805. The van der Waals surface area contributed by atoms with Gasteiger partial charge in [-0.25, -0.2) is 9.78 Å². The van der Waals surface area contributed by atoms with Crippen LogP contribution in [0.15, 0.2) is 12.1 Å². The van der Waals surface area contributed by atoms with Crippen molar-refractivity contribution in [1.82, 2.24) is 10.3 Å². The van der Waals surface area contributed by atoms with Crippen molar-refractivity contribution < 1.29 is 14.3 Å². The second-order valence-electron chi connectivity index (χ2n) is 6.20. The molecule has 1 aromatic heterocycles. The number of fused-ring (bicyclic) bond motifs is 4. The Morgan fingerprint density at radius 1 is 1.46 bits per heavy atom. The van der Waals surface area contributed by atoms with Gasteiger partial charge in [0.2, 0.25) is 0 Å². The zero-order valence-electron chi connectivity index (χ0n) is 12.8. The number of ether oxygens (including phenoxy) is 2. The number of thiazole rings is 1. The van der Waals surface area contributed by atoms with E-state index in [4.69, 9.17) is 20.9 Å². The molecule has 4 heterocycles. The lowest BCUT2D eigenvalue weighted by Gasteiger charge is -2.31. The van der Waals surface area contributed by atoms with Gasteiger partial charge in [0.25, 0.3) is 0 Å². The molecule has 2 aromatic rings. The first-order valence-electron chi connectivity index (χ1n) is 7.97. The van der Waals surface area contributed by atoms with Gasteiger partial charge in [0.05, 0.1) is 35.5 Å². The number of nitrogens with one attached hydrogen (secondary N) is 1. The highest BCUT2D eigenvalue weighted by molar-refractivity contribution is 7.22. The van der Waals surface area contributed by atoms with Crippen LogP contribution in [0, 0.1) is 12.3 Å². The molecule has 6 nitrogen and oxygen atoms in total. The van der Waals surface area contributed by atoms with E-state index in [0.29, 0.717) is 24.8 Å². The third-order valence-electron chi connectivity index (χ3n) is 4.87. The lowest BCUT2D eigenvalue weighted by molar-refractivity contribution is 0.0311. The van der Waals surface area contributed by atoms with Gasteiger partial charge in [-0.05, 0) is 12.1 Å². The van der Waals surface area contributed by atoms with Crippen LogP contribution in [0.25, 0.3) is 10.2 Å². The summed E-state index contributed by atoms with van der Waals surface area (Å²) in [7, 11) is 0. The van der Waals surface area contributed by atoms with Crippen LogP contribution in [-0.4, -0.2) is 42.4 Å². The summed E-state index contributed by atoms with van der Waals surface area (Å²) < 4.78 is 12.3. The van der Waals surface area contributed by atoms with E-state index >= 15 is 0 Å². The second kappa shape index (κ2) is 5.10. The van der Waals surface area contributed by atoms with Crippen LogP contribution in [0.2, 0.25) is 0 Å². The van der Waals surface area contributed by atoms with Crippen molar-refractivity contribution in [2.75, 3.05) is 18.1 Å². The van der Waals surface area contributed by atoms with E-state index in [1.807, 2.05) is 12.1 Å². The van der Waals surface area contributed by atoms with Crippen molar-refractivity contribution in [3.63, 3.8) is 0 Å². The number of nitrogens with zero attached hydrogens (tertiary/aromatic N) is 2. The first-order chi connectivity index (χ1) is 11.7. The number of terminal acetylenes is 1. The first kappa shape index (κ1) is 14.1. The number of carbonyl (C=O) groups excluding carboxylic acids is 1. The third-order valence-corrected chi connectivity index (χ3v) is 5.89. The molecule has 2 saturated heterocycles. The maximum atomic E-state index is 12.5. The summed E-state index contributed by atoms with van der Waals surface area (Å²) in [4.78, 5) is 19.0. The summed E-state index contributed by atoms with van der Waals surface area (Å²) in [5.74, 6) is 3.55.